The number of ether oxygens (including phenoxy) is 1. The Morgan fingerprint density at radius 1 is 1.16 bits per heavy atom. The summed E-state index contributed by atoms with van der Waals surface area (Å²) in [6.45, 7) is 7.45. The smallest absolute Gasteiger partial charge is 0.159 e. The molecule has 0 spiro atoms. The summed E-state index contributed by atoms with van der Waals surface area (Å²) >= 11 is 6.24. The van der Waals surface area contributed by atoms with Gasteiger partial charge in [-0.25, -0.2) is 4.98 Å². The number of nitrogens with one attached hydrogen (secondary N) is 1. The van der Waals surface area contributed by atoms with Gasteiger partial charge in [-0.05, 0) is 54.8 Å². The summed E-state index contributed by atoms with van der Waals surface area (Å²) in [6, 6.07) is 13.4. The molecule has 4 rings (SSSR count). The monoisotopic (exact) mass is 460 g/mol. The fraction of sp³-hybridized carbons (Fsp3) is 0.304. The van der Waals surface area contributed by atoms with Crippen molar-refractivity contribution in [1.82, 2.24) is 19.7 Å². The van der Waals surface area contributed by atoms with Gasteiger partial charge in [-0.1, -0.05) is 31.5 Å². The SMILES string of the molecule is Cc1cc(-c2nc3ccc(CO)cc3[nH]2)nn1Cc1cc(Cl)ccc1OCC(C)C.Cl. The van der Waals surface area contributed by atoms with Gasteiger partial charge in [0.2, 0.25) is 0 Å². The molecule has 0 saturated heterocycles. The normalized spacial score (nSPS) is 11.2. The minimum atomic E-state index is -0.00111. The number of benzene rings is 2. The third kappa shape index (κ3) is 5.21. The second kappa shape index (κ2) is 9.73. The van der Waals surface area contributed by atoms with Crippen LogP contribution in [-0.2, 0) is 13.2 Å². The minimum Gasteiger partial charge on any atom is -0.493 e. The number of halogens is 2. The van der Waals surface area contributed by atoms with E-state index in [1.807, 2.05) is 54.1 Å². The van der Waals surface area contributed by atoms with E-state index < -0.39 is 0 Å². The summed E-state index contributed by atoms with van der Waals surface area (Å²) in [7, 11) is 0. The number of hydrogen-bond donors (Lipinski definition) is 2. The molecule has 0 aliphatic rings. The summed E-state index contributed by atoms with van der Waals surface area (Å²) in [4.78, 5) is 7.94. The van der Waals surface area contributed by atoms with Crippen molar-refractivity contribution in [2.45, 2.75) is 33.9 Å². The first-order chi connectivity index (χ1) is 14.4. The standard InChI is InChI=1S/C23H25ClN4O2.ClH/c1-14(2)13-30-22-7-5-18(24)10-17(22)11-28-15(3)8-21(27-28)23-25-19-6-4-16(12-29)9-20(19)26-23;/h4-10,14,29H,11-13H2,1-3H3,(H,25,26);1H. The number of aromatic amines is 1. The van der Waals surface area contributed by atoms with Crippen LogP contribution in [0.5, 0.6) is 5.75 Å². The summed E-state index contributed by atoms with van der Waals surface area (Å²) in [5.41, 5.74) is 5.32. The molecule has 4 aromatic rings. The van der Waals surface area contributed by atoms with Crippen molar-refractivity contribution in [3.63, 3.8) is 0 Å². The molecule has 0 atom stereocenters. The van der Waals surface area contributed by atoms with Gasteiger partial charge in [0.15, 0.2) is 5.82 Å². The molecule has 2 N–H and O–H groups in total. The first-order valence-corrected chi connectivity index (χ1v) is 10.4. The lowest BCUT2D eigenvalue weighted by molar-refractivity contribution is 0.268. The van der Waals surface area contributed by atoms with Gasteiger partial charge in [-0.3, -0.25) is 4.68 Å². The number of fused-ring (bicyclic) bond motifs is 1. The fourth-order valence-electron chi connectivity index (χ4n) is 3.29. The summed E-state index contributed by atoms with van der Waals surface area (Å²) in [5.74, 6) is 1.96. The molecule has 0 aliphatic carbocycles. The van der Waals surface area contributed by atoms with Gasteiger partial charge in [0.25, 0.3) is 0 Å². The van der Waals surface area contributed by atoms with Gasteiger partial charge in [-0.2, -0.15) is 5.10 Å². The number of hydrogen-bond acceptors (Lipinski definition) is 4. The number of aliphatic hydroxyl groups is 1. The van der Waals surface area contributed by atoms with E-state index in [9.17, 15) is 5.11 Å². The number of aryl methyl sites for hydroxylation is 1. The highest BCUT2D eigenvalue weighted by atomic mass is 35.5. The van der Waals surface area contributed by atoms with E-state index in [1.54, 1.807) is 0 Å². The van der Waals surface area contributed by atoms with Gasteiger partial charge in [0.05, 0.1) is 30.8 Å². The molecule has 0 unspecified atom stereocenters. The van der Waals surface area contributed by atoms with Crippen molar-refractivity contribution in [3.8, 4) is 17.3 Å². The zero-order valence-electron chi connectivity index (χ0n) is 17.7. The molecule has 0 saturated carbocycles. The van der Waals surface area contributed by atoms with E-state index in [4.69, 9.17) is 21.4 Å². The van der Waals surface area contributed by atoms with Crippen molar-refractivity contribution < 1.29 is 9.84 Å². The predicted molar refractivity (Wildman–Crippen MR) is 126 cm³/mol. The van der Waals surface area contributed by atoms with Gasteiger partial charge in [0.1, 0.15) is 11.4 Å². The molecule has 0 aliphatic heterocycles. The zero-order valence-corrected chi connectivity index (χ0v) is 19.3. The maximum Gasteiger partial charge on any atom is 0.159 e. The Hall–Kier alpha value is -2.54. The molecule has 2 aromatic heterocycles. The van der Waals surface area contributed by atoms with Crippen LogP contribution in [0.25, 0.3) is 22.6 Å². The van der Waals surface area contributed by atoms with Crippen LogP contribution in [0.2, 0.25) is 5.02 Å². The highest BCUT2D eigenvalue weighted by molar-refractivity contribution is 6.30. The number of nitrogens with zero attached hydrogens (tertiary/aromatic N) is 3. The summed E-state index contributed by atoms with van der Waals surface area (Å²) in [6.07, 6.45) is 0. The highest BCUT2D eigenvalue weighted by Gasteiger charge is 2.14. The number of H-pyrrole nitrogens is 1. The minimum absolute atomic E-state index is 0. The molecule has 0 fully saturated rings. The lowest BCUT2D eigenvalue weighted by atomic mass is 10.2. The Morgan fingerprint density at radius 2 is 1.97 bits per heavy atom. The molecule has 0 amide bonds. The summed E-state index contributed by atoms with van der Waals surface area (Å²) in [5, 5.41) is 14.8. The molecule has 0 radical (unpaired) electrons. The molecule has 164 valence electrons. The molecule has 8 heteroatoms. The number of aliphatic hydroxyl groups excluding tert-OH is 1. The fourth-order valence-corrected chi connectivity index (χ4v) is 3.49. The summed E-state index contributed by atoms with van der Waals surface area (Å²) < 4.78 is 7.91. The third-order valence-corrected chi connectivity index (χ3v) is 5.10. The molecule has 6 nitrogen and oxygen atoms in total. The first-order valence-electron chi connectivity index (χ1n) is 9.98. The van der Waals surface area contributed by atoms with Gasteiger partial charge < -0.3 is 14.8 Å². The molecular weight excluding hydrogens is 435 g/mol. The average molecular weight is 461 g/mol. The lowest BCUT2D eigenvalue weighted by Crippen LogP contribution is -2.09. The Bertz CT molecular complexity index is 1180. The average Bonchev–Trinajstić information content (AvgIpc) is 3.30. The van der Waals surface area contributed by atoms with Crippen LogP contribution in [0.1, 0.15) is 30.7 Å². The molecule has 2 aromatic carbocycles. The number of aromatic nitrogens is 4. The van der Waals surface area contributed by atoms with Crippen molar-refractivity contribution in [2.24, 2.45) is 5.92 Å². The van der Waals surface area contributed by atoms with E-state index >= 15 is 0 Å². The van der Waals surface area contributed by atoms with Crippen LogP contribution < -0.4 is 4.74 Å². The van der Waals surface area contributed by atoms with Crippen LogP contribution >= 0.6 is 24.0 Å². The van der Waals surface area contributed by atoms with E-state index in [1.165, 1.54) is 0 Å². The second-order valence-electron chi connectivity index (χ2n) is 7.88. The molecule has 31 heavy (non-hydrogen) atoms. The predicted octanol–water partition coefficient (Wildman–Crippen LogP) is 5.39. The van der Waals surface area contributed by atoms with Crippen molar-refractivity contribution >= 4 is 35.0 Å². The van der Waals surface area contributed by atoms with Crippen LogP contribution in [0, 0.1) is 12.8 Å². The molecule has 2 heterocycles. The van der Waals surface area contributed by atoms with Crippen LogP contribution in [0.3, 0.4) is 0 Å². The Morgan fingerprint density at radius 3 is 2.71 bits per heavy atom. The number of rotatable bonds is 7. The molecule has 0 bridgehead atoms. The Kier molecular flexibility index (Phi) is 7.26. The second-order valence-corrected chi connectivity index (χ2v) is 8.32. The van der Waals surface area contributed by atoms with Gasteiger partial charge in [0, 0.05) is 16.3 Å². The van der Waals surface area contributed by atoms with E-state index in [0.717, 1.165) is 39.3 Å². The van der Waals surface area contributed by atoms with Gasteiger partial charge >= 0.3 is 0 Å². The van der Waals surface area contributed by atoms with Crippen molar-refractivity contribution in [3.05, 3.63) is 64.3 Å². The van der Waals surface area contributed by atoms with E-state index in [0.29, 0.717) is 29.9 Å². The Balaban J connectivity index is 0.00000272. The maximum absolute atomic E-state index is 9.34. The highest BCUT2D eigenvalue weighted by Crippen LogP contribution is 2.26. The zero-order chi connectivity index (χ0) is 21.3. The largest absolute Gasteiger partial charge is 0.493 e. The lowest BCUT2D eigenvalue weighted by Gasteiger charge is -2.14. The van der Waals surface area contributed by atoms with Crippen molar-refractivity contribution in [2.75, 3.05) is 6.61 Å². The van der Waals surface area contributed by atoms with Crippen LogP contribution in [-0.4, -0.2) is 31.5 Å². The van der Waals surface area contributed by atoms with Crippen LogP contribution in [0.4, 0.5) is 0 Å². The van der Waals surface area contributed by atoms with E-state index in [-0.39, 0.29) is 19.0 Å². The molecular formula is C23H26Cl2N4O2. The van der Waals surface area contributed by atoms with Crippen molar-refractivity contribution in [1.29, 1.82) is 0 Å². The van der Waals surface area contributed by atoms with Gasteiger partial charge in [-0.15, -0.1) is 12.4 Å². The van der Waals surface area contributed by atoms with E-state index in [2.05, 4.69) is 23.8 Å². The number of imidazole rings is 1. The maximum atomic E-state index is 9.34. The Labute approximate surface area is 192 Å². The third-order valence-electron chi connectivity index (χ3n) is 4.87. The van der Waals surface area contributed by atoms with Crippen LogP contribution in [0.15, 0.2) is 42.5 Å². The quantitative estimate of drug-likeness (QED) is 0.387. The topological polar surface area (TPSA) is 76.0 Å². The first kappa shape index (κ1) is 23.1.